The van der Waals surface area contributed by atoms with E-state index in [9.17, 15) is 0 Å². The second-order valence-corrected chi connectivity index (χ2v) is 23.3. The lowest BCUT2D eigenvalue weighted by molar-refractivity contribution is 0.455. The summed E-state index contributed by atoms with van der Waals surface area (Å²) in [6, 6.07) is 82.2. The molecular weight excluding hydrogens is 893 g/mol. The number of para-hydroxylation sites is 1. The zero-order chi connectivity index (χ0) is 50.7. The Morgan fingerprint density at radius 3 is 1.69 bits per heavy atom. The maximum Gasteiger partial charge on any atom is 0.0541 e. The number of aryl methyl sites for hydroxylation is 1. The molecule has 0 radical (unpaired) electrons. The van der Waals surface area contributed by atoms with E-state index in [2.05, 4.69) is 283 Å². The lowest BCUT2D eigenvalue weighted by Gasteiger charge is -2.38. The van der Waals surface area contributed by atoms with Crippen LogP contribution in [0, 0.1) is 6.92 Å². The van der Waals surface area contributed by atoms with Gasteiger partial charge in [-0.3, -0.25) is 0 Å². The number of aromatic nitrogens is 1. The zero-order valence-electron chi connectivity index (χ0n) is 43.9. The van der Waals surface area contributed by atoms with Crippen LogP contribution in [0.15, 0.2) is 218 Å². The average Bonchev–Trinajstić information content (AvgIpc) is 3.86. The second kappa shape index (κ2) is 16.9. The minimum absolute atomic E-state index is 0.0613. The van der Waals surface area contributed by atoms with Crippen molar-refractivity contribution in [1.82, 2.24) is 4.57 Å². The number of anilines is 3. The molecule has 2 aliphatic carbocycles. The van der Waals surface area contributed by atoms with Crippen molar-refractivity contribution in [1.29, 1.82) is 0 Å². The summed E-state index contributed by atoms with van der Waals surface area (Å²) in [5.74, 6) is 0. The van der Waals surface area contributed by atoms with Crippen LogP contribution in [0.5, 0.6) is 0 Å². The molecule has 0 saturated heterocycles. The molecule has 11 aromatic rings. The standard InChI is InChI=1S/C72H62N2/c1-46-36-52(50-26-34-65-55(38-50)45-71(65,5)6)39-53(37-46)54-40-56(70(2,3)4)43-60(41-54)74-68-21-15-13-19-63(68)64-42-51(27-35-69(64)74)49-24-30-58(31-25-49)73(57-28-22-48(23-29-57)47-16-10-9-11-17-47)59-32-33-62-61-18-12-14-20-66(61)72(7,8)67(62)44-59/h9-44H,45H2,1-8H3. The topological polar surface area (TPSA) is 8.17 Å². The number of fused-ring (bicyclic) bond motifs is 7. The molecule has 10 aromatic carbocycles. The molecule has 1 aromatic heterocycles. The summed E-state index contributed by atoms with van der Waals surface area (Å²) in [4.78, 5) is 2.42. The van der Waals surface area contributed by atoms with Crippen LogP contribution in [0.2, 0.25) is 0 Å². The Morgan fingerprint density at radius 1 is 0.405 bits per heavy atom. The predicted octanol–water partition coefficient (Wildman–Crippen LogP) is 19.7. The molecule has 0 atom stereocenters. The first-order valence-corrected chi connectivity index (χ1v) is 26.4. The molecule has 0 spiro atoms. The van der Waals surface area contributed by atoms with E-state index in [-0.39, 0.29) is 16.2 Å². The highest BCUT2D eigenvalue weighted by atomic mass is 15.1. The molecule has 74 heavy (non-hydrogen) atoms. The van der Waals surface area contributed by atoms with Crippen molar-refractivity contribution in [2.45, 2.75) is 78.1 Å². The zero-order valence-corrected chi connectivity index (χ0v) is 43.9. The van der Waals surface area contributed by atoms with Gasteiger partial charge in [0.2, 0.25) is 0 Å². The van der Waals surface area contributed by atoms with Gasteiger partial charge >= 0.3 is 0 Å². The van der Waals surface area contributed by atoms with E-state index < -0.39 is 0 Å². The van der Waals surface area contributed by atoms with E-state index in [0.717, 1.165) is 23.5 Å². The molecule has 0 amide bonds. The summed E-state index contributed by atoms with van der Waals surface area (Å²) in [6.45, 7) is 18.7. The molecule has 0 unspecified atom stereocenters. The van der Waals surface area contributed by atoms with E-state index >= 15 is 0 Å². The van der Waals surface area contributed by atoms with Crippen LogP contribution in [-0.2, 0) is 22.7 Å². The van der Waals surface area contributed by atoms with Crippen LogP contribution >= 0.6 is 0 Å². The first-order chi connectivity index (χ1) is 35.7. The van der Waals surface area contributed by atoms with Gasteiger partial charge in [0.25, 0.3) is 0 Å². The van der Waals surface area contributed by atoms with Gasteiger partial charge in [0.15, 0.2) is 0 Å². The first-order valence-electron chi connectivity index (χ1n) is 26.4. The van der Waals surface area contributed by atoms with Crippen LogP contribution < -0.4 is 4.90 Å². The van der Waals surface area contributed by atoms with Crippen LogP contribution in [0.25, 0.3) is 83.1 Å². The number of hydrogen-bond acceptors (Lipinski definition) is 1. The minimum Gasteiger partial charge on any atom is -0.310 e. The molecule has 0 saturated carbocycles. The summed E-state index contributed by atoms with van der Waals surface area (Å²) in [5.41, 5.74) is 27.9. The van der Waals surface area contributed by atoms with Crippen molar-refractivity contribution in [2.75, 3.05) is 4.90 Å². The highest BCUT2D eigenvalue weighted by Crippen LogP contribution is 2.51. The molecule has 0 bridgehead atoms. The first kappa shape index (κ1) is 45.6. The Bertz CT molecular complexity index is 4010. The molecule has 0 fully saturated rings. The minimum atomic E-state index is -0.111. The Morgan fingerprint density at radius 2 is 0.973 bits per heavy atom. The third kappa shape index (κ3) is 7.61. The average molecular weight is 955 g/mol. The van der Waals surface area contributed by atoms with Crippen molar-refractivity contribution in [3.63, 3.8) is 0 Å². The molecular formula is C72H62N2. The lowest BCUT2D eigenvalue weighted by atomic mass is 9.66. The van der Waals surface area contributed by atoms with E-state index in [4.69, 9.17) is 0 Å². The van der Waals surface area contributed by atoms with Gasteiger partial charge in [-0.05, 0) is 186 Å². The Kier molecular flexibility index (Phi) is 10.4. The molecule has 0 aliphatic heterocycles. The normalized spacial score (nSPS) is 14.1. The summed E-state index contributed by atoms with van der Waals surface area (Å²) in [6.07, 6.45) is 1.13. The Labute approximate surface area is 437 Å². The van der Waals surface area contributed by atoms with E-state index in [1.807, 2.05) is 0 Å². The summed E-state index contributed by atoms with van der Waals surface area (Å²) in [5, 5.41) is 2.49. The largest absolute Gasteiger partial charge is 0.310 e. The second-order valence-electron chi connectivity index (χ2n) is 23.3. The highest BCUT2D eigenvalue weighted by molar-refractivity contribution is 6.10. The molecule has 360 valence electrons. The Hall–Kier alpha value is -8.20. The molecule has 1 heterocycles. The molecule has 13 rings (SSSR count). The van der Waals surface area contributed by atoms with Crippen molar-refractivity contribution in [3.05, 3.63) is 252 Å². The highest BCUT2D eigenvalue weighted by Gasteiger charge is 2.36. The third-order valence-electron chi connectivity index (χ3n) is 16.4. The molecule has 2 nitrogen and oxygen atoms in total. The number of hydrogen-bond donors (Lipinski definition) is 0. The fourth-order valence-corrected chi connectivity index (χ4v) is 12.4. The predicted molar refractivity (Wildman–Crippen MR) is 315 cm³/mol. The van der Waals surface area contributed by atoms with Gasteiger partial charge in [-0.1, -0.05) is 194 Å². The quantitative estimate of drug-likeness (QED) is 0.147. The van der Waals surface area contributed by atoms with Crippen LogP contribution in [0.3, 0.4) is 0 Å². The number of benzene rings is 10. The fourth-order valence-electron chi connectivity index (χ4n) is 12.4. The summed E-state index contributed by atoms with van der Waals surface area (Å²) < 4.78 is 2.49. The SMILES string of the molecule is Cc1cc(-c2cc(-n3c4ccccc4c4cc(-c5ccc(N(c6ccc(-c7ccccc7)cc6)c6ccc7c(c6)C(C)(C)c6ccccc6-7)cc5)ccc43)cc(C(C)(C)C)c2)cc(-c2ccc3c(c2)CC3(C)C)c1. The van der Waals surface area contributed by atoms with Gasteiger partial charge in [-0.15, -0.1) is 0 Å². The van der Waals surface area contributed by atoms with E-state index in [1.165, 1.54) is 117 Å². The van der Waals surface area contributed by atoms with Crippen LogP contribution in [0.4, 0.5) is 17.1 Å². The van der Waals surface area contributed by atoms with E-state index in [1.54, 1.807) is 0 Å². The van der Waals surface area contributed by atoms with Crippen molar-refractivity contribution < 1.29 is 0 Å². The number of nitrogens with zero attached hydrogens (tertiary/aromatic N) is 2. The lowest BCUT2D eigenvalue weighted by Crippen LogP contribution is -2.32. The van der Waals surface area contributed by atoms with E-state index in [0.29, 0.717) is 0 Å². The van der Waals surface area contributed by atoms with Crippen molar-refractivity contribution in [2.24, 2.45) is 0 Å². The third-order valence-corrected chi connectivity index (χ3v) is 16.4. The molecule has 0 N–H and O–H groups in total. The molecule has 2 heteroatoms. The maximum absolute atomic E-state index is 2.49. The molecule has 2 aliphatic rings. The van der Waals surface area contributed by atoms with Crippen molar-refractivity contribution >= 4 is 38.9 Å². The van der Waals surface area contributed by atoms with Crippen LogP contribution in [-0.4, -0.2) is 4.57 Å². The number of rotatable bonds is 8. The van der Waals surface area contributed by atoms with Crippen LogP contribution in [0.1, 0.15) is 81.8 Å². The fraction of sp³-hybridized carbons (Fsp3) is 0.167. The van der Waals surface area contributed by atoms with Gasteiger partial charge in [0, 0.05) is 38.9 Å². The van der Waals surface area contributed by atoms with Gasteiger partial charge in [0.1, 0.15) is 0 Å². The van der Waals surface area contributed by atoms with Gasteiger partial charge < -0.3 is 9.47 Å². The van der Waals surface area contributed by atoms with Gasteiger partial charge in [-0.25, -0.2) is 0 Å². The van der Waals surface area contributed by atoms with Crippen molar-refractivity contribution in [3.8, 4) is 61.3 Å². The van der Waals surface area contributed by atoms with Gasteiger partial charge in [0.05, 0.1) is 11.0 Å². The monoisotopic (exact) mass is 954 g/mol. The summed E-state index contributed by atoms with van der Waals surface area (Å²) in [7, 11) is 0. The Balaban J connectivity index is 0.887. The van der Waals surface area contributed by atoms with Gasteiger partial charge in [-0.2, -0.15) is 0 Å². The maximum atomic E-state index is 2.49. The summed E-state index contributed by atoms with van der Waals surface area (Å²) >= 11 is 0. The smallest absolute Gasteiger partial charge is 0.0541 e.